The molecule has 2 heterocycles. The molecule has 1 aromatic carbocycles. The molecule has 0 unspecified atom stereocenters. The zero-order chi connectivity index (χ0) is 21.2. The Hall–Kier alpha value is -2.63. The van der Waals surface area contributed by atoms with Gasteiger partial charge in [-0.05, 0) is 30.3 Å². The third kappa shape index (κ3) is 5.05. The van der Waals surface area contributed by atoms with Crippen molar-refractivity contribution in [2.75, 3.05) is 6.54 Å². The van der Waals surface area contributed by atoms with Crippen LogP contribution in [0, 0.1) is 0 Å². The van der Waals surface area contributed by atoms with Crippen molar-refractivity contribution < 1.29 is 31.1 Å². The van der Waals surface area contributed by atoms with E-state index < -0.39 is 44.2 Å². The number of fused-ring (bicyclic) bond motifs is 1. The van der Waals surface area contributed by atoms with E-state index in [9.17, 15) is 26.4 Å². The Morgan fingerprint density at radius 1 is 1.24 bits per heavy atom. The van der Waals surface area contributed by atoms with Crippen LogP contribution in [0.1, 0.15) is 11.3 Å². The molecule has 0 atom stereocenters. The number of benzene rings is 1. The Morgan fingerprint density at radius 2 is 2.00 bits per heavy atom. The summed E-state index contributed by atoms with van der Waals surface area (Å²) in [6, 6.07) is 7.19. The molecule has 0 saturated heterocycles. The molecule has 0 amide bonds. The second-order valence-corrected chi connectivity index (χ2v) is 7.97. The lowest BCUT2D eigenvalue weighted by Crippen LogP contribution is -2.31. The summed E-state index contributed by atoms with van der Waals surface area (Å²) in [4.78, 5) is 15.2. The number of alkyl halides is 3. The summed E-state index contributed by atoms with van der Waals surface area (Å²) in [6.07, 6.45) is -1.36. The number of halogens is 4. The Morgan fingerprint density at radius 3 is 2.69 bits per heavy atom. The molecule has 7 nitrogen and oxygen atoms in total. The van der Waals surface area contributed by atoms with E-state index in [4.69, 9.17) is 16.3 Å². The van der Waals surface area contributed by atoms with Crippen LogP contribution in [0.15, 0.2) is 53.7 Å². The molecule has 29 heavy (non-hydrogen) atoms. The number of ether oxygens (including phenoxy) is 1. The fourth-order valence-electron chi connectivity index (χ4n) is 2.38. The third-order valence-electron chi connectivity index (χ3n) is 3.75. The Kier molecular flexibility index (Phi) is 5.82. The molecule has 0 saturated carbocycles. The van der Waals surface area contributed by atoms with Crippen molar-refractivity contribution >= 4 is 33.2 Å². The Balaban J connectivity index is 1.63. The molecular weight excluding hydrogens is 435 g/mol. The van der Waals surface area contributed by atoms with Gasteiger partial charge in [0.25, 0.3) is 0 Å². The minimum absolute atomic E-state index is 0.202. The van der Waals surface area contributed by atoms with Gasteiger partial charge >= 0.3 is 12.1 Å². The number of sulfonamides is 1. The number of imidazole rings is 1. The fraction of sp³-hybridized carbons (Fsp3) is 0.176. The lowest BCUT2D eigenvalue weighted by atomic mass is 10.2. The predicted molar refractivity (Wildman–Crippen MR) is 96.6 cm³/mol. The van der Waals surface area contributed by atoms with Gasteiger partial charge in [-0.2, -0.15) is 17.9 Å². The molecule has 1 N–H and O–H groups in total. The second kappa shape index (κ2) is 8.01. The van der Waals surface area contributed by atoms with Crippen LogP contribution in [0.4, 0.5) is 13.2 Å². The van der Waals surface area contributed by atoms with Gasteiger partial charge in [-0.1, -0.05) is 17.7 Å². The molecule has 0 aliphatic carbocycles. The van der Waals surface area contributed by atoms with Gasteiger partial charge in [-0.3, -0.25) is 4.79 Å². The van der Waals surface area contributed by atoms with Crippen molar-refractivity contribution in [2.45, 2.75) is 17.7 Å². The molecule has 2 aromatic heterocycles. The lowest BCUT2D eigenvalue weighted by molar-refractivity contribution is -0.143. The van der Waals surface area contributed by atoms with E-state index in [0.717, 1.165) is 6.07 Å². The number of pyridine rings is 1. The van der Waals surface area contributed by atoms with Gasteiger partial charge in [0.2, 0.25) is 10.0 Å². The second-order valence-electron chi connectivity index (χ2n) is 5.83. The highest BCUT2D eigenvalue weighted by molar-refractivity contribution is 7.89. The van der Waals surface area contributed by atoms with Crippen molar-refractivity contribution in [1.82, 2.24) is 14.1 Å². The summed E-state index contributed by atoms with van der Waals surface area (Å²) < 4.78 is 71.4. The number of nitrogens with one attached hydrogen (secondary N) is 1. The molecule has 0 aliphatic heterocycles. The highest BCUT2D eigenvalue weighted by Crippen LogP contribution is 2.33. The molecule has 0 bridgehead atoms. The molecule has 0 fully saturated rings. The number of hydrogen-bond acceptors (Lipinski definition) is 5. The molecular formula is C17H13ClF3N3O4S. The van der Waals surface area contributed by atoms with Crippen LogP contribution < -0.4 is 4.72 Å². The number of rotatable bonds is 6. The summed E-state index contributed by atoms with van der Waals surface area (Å²) in [5.74, 6) is -0.936. The van der Waals surface area contributed by atoms with Crippen LogP contribution >= 0.6 is 11.6 Å². The number of aromatic nitrogens is 2. The van der Waals surface area contributed by atoms with Crippen LogP contribution in [0.25, 0.3) is 5.65 Å². The molecule has 12 heteroatoms. The van der Waals surface area contributed by atoms with Gasteiger partial charge in [0.1, 0.15) is 23.7 Å². The van der Waals surface area contributed by atoms with E-state index >= 15 is 0 Å². The van der Waals surface area contributed by atoms with Crippen molar-refractivity contribution in [3.63, 3.8) is 0 Å². The third-order valence-corrected chi connectivity index (χ3v) is 5.63. The van der Waals surface area contributed by atoms with Gasteiger partial charge in [-0.15, -0.1) is 0 Å². The van der Waals surface area contributed by atoms with Crippen LogP contribution in [0.5, 0.6) is 0 Å². The van der Waals surface area contributed by atoms with Gasteiger partial charge in [-0.25, -0.2) is 13.4 Å². The zero-order valence-corrected chi connectivity index (χ0v) is 16.1. The SMILES string of the molecule is O=C(CNS(=O)(=O)c1cc(C(F)(F)F)ccc1Cl)OCc1cn2ccccc2n1. The van der Waals surface area contributed by atoms with Crippen molar-refractivity contribution in [1.29, 1.82) is 0 Å². The van der Waals surface area contributed by atoms with Crippen molar-refractivity contribution in [2.24, 2.45) is 0 Å². The average molecular weight is 448 g/mol. The van der Waals surface area contributed by atoms with Gasteiger partial charge in [0.05, 0.1) is 16.3 Å². The highest BCUT2D eigenvalue weighted by atomic mass is 35.5. The zero-order valence-electron chi connectivity index (χ0n) is 14.5. The standard InChI is InChI=1S/C17H13ClF3N3O4S/c18-13-5-4-11(17(19,20)21)7-14(13)29(26,27)22-8-16(25)28-10-12-9-24-6-2-1-3-15(24)23-12/h1-7,9,22H,8,10H2. The quantitative estimate of drug-likeness (QED) is 0.587. The van der Waals surface area contributed by atoms with Crippen LogP contribution in [0.2, 0.25) is 5.02 Å². The van der Waals surface area contributed by atoms with E-state index in [1.165, 1.54) is 0 Å². The maximum atomic E-state index is 12.8. The molecule has 0 spiro atoms. The highest BCUT2D eigenvalue weighted by Gasteiger charge is 2.32. The molecule has 3 rings (SSSR count). The number of carbonyl (C=O) groups is 1. The van der Waals surface area contributed by atoms with E-state index in [2.05, 4.69) is 4.98 Å². The van der Waals surface area contributed by atoms with Crippen LogP contribution in [-0.2, 0) is 32.3 Å². The summed E-state index contributed by atoms with van der Waals surface area (Å²) >= 11 is 5.71. The number of esters is 1. The number of carbonyl (C=O) groups excluding carboxylic acids is 1. The predicted octanol–water partition coefficient (Wildman–Crippen LogP) is 3.03. The van der Waals surface area contributed by atoms with Gasteiger partial charge in [0, 0.05) is 12.4 Å². The van der Waals surface area contributed by atoms with Gasteiger partial charge < -0.3 is 9.14 Å². The minimum atomic E-state index is -4.75. The molecule has 154 valence electrons. The Bertz CT molecular complexity index is 1130. The summed E-state index contributed by atoms with van der Waals surface area (Å²) in [7, 11) is -4.47. The molecule has 3 aromatic rings. The first-order chi connectivity index (χ1) is 13.6. The average Bonchev–Trinajstić information content (AvgIpc) is 3.07. The monoisotopic (exact) mass is 447 g/mol. The summed E-state index contributed by atoms with van der Waals surface area (Å²) in [6.45, 7) is -0.991. The fourth-order valence-corrected chi connectivity index (χ4v) is 3.87. The maximum absolute atomic E-state index is 12.8. The molecule has 0 radical (unpaired) electrons. The molecule has 0 aliphatic rings. The number of hydrogen-bond donors (Lipinski definition) is 1. The van der Waals surface area contributed by atoms with Crippen molar-refractivity contribution in [3.05, 3.63) is 65.1 Å². The van der Waals surface area contributed by atoms with Gasteiger partial charge in [0.15, 0.2) is 0 Å². The van der Waals surface area contributed by atoms with E-state index in [1.807, 2.05) is 4.72 Å². The minimum Gasteiger partial charge on any atom is -0.458 e. The van der Waals surface area contributed by atoms with E-state index in [-0.39, 0.29) is 6.61 Å². The Labute approximate surface area is 168 Å². The van der Waals surface area contributed by atoms with E-state index in [0.29, 0.717) is 23.5 Å². The van der Waals surface area contributed by atoms with Crippen LogP contribution in [-0.4, -0.2) is 30.3 Å². The topological polar surface area (TPSA) is 89.8 Å². The first-order valence-corrected chi connectivity index (χ1v) is 9.87. The maximum Gasteiger partial charge on any atom is 0.416 e. The van der Waals surface area contributed by atoms with Crippen molar-refractivity contribution in [3.8, 4) is 0 Å². The number of nitrogens with zero attached hydrogens (tertiary/aromatic N) is 2. The summed E-state index contributed by atoms with van der Waals surface area (Å²) in [5.41, 5.74) is -0.108. The smallest absolute Gasteiger partial charge is 0.416 e. The van der Waals surface area contributed by atoms with Crippen LogP contribution in [0.3, 0.4) is 0 Å². The first-order valence-electron chi connectivity index (χ1n) is 8.01. The summed E-state index contributed by atoms with van der Waals surface area (Å²) in [5, 5.41) is -0.413. The normalized spacial score (nSPS) is 12.3. The van der Waals surface area contributed by atoms with E-state index in [1.54, 1.807) is 35.0 Å². The first kappa shape index (κ1) is 21.1. The lowest BCUT2D eigenvalue weighted by Gasteiger charge is -2.11. The largest absolute Gasteiger partial charge is 0.458 e.